The standard InChI is InChI=1S/C15H14BrN3O4S/c1-10-3-8-14(9-15(10)19(20)21)24(22,23)18-17-11(2)12-4-6-13(16)7-5-12/h3-9,18H,1-2H3. The molecule has 0 bridgehead atoms. The van der Waals surface area contributed by atoms with Crippen LogP contribution in [0.4, 0.5) is 5.69 Å². The second-order valence-electron chi connectivity index (χ2n) is 5.00. The molecule has 1 N–H and O–H groups in total. The molecule has 0 fully saturated rings. The van der Waals surface area contributed by atoms with Crippen LogP contribution in [0.5, 0.6) is 0 Å². The third kappa shape index (κ3) is 4.18. The Balaban J connectivity index is 2.28. The van der Waals surface area contributed by atoms with E-state index in [1.165, 1.54) is 19.1 Å². The monoisotopic (exact) mass is 411 g/mol. The average molecular weight is 412 g/mol. The van der Waals surface area contributed by atoms with Gasteiger partial charge < -0.3 is 0 Å². The van der Waals surface area contributed by atoms with Crippen molar-refractivity contribution < 1.29 is 13.3 Å². The number of nitrogens with zero attached hydrogens (tertiary/aromatic N) is 2. The number of halogens is 1. The fraction of sp³-hybridized carbons (Fsp3) is 0.133. The summed E-state index contributed by atoms with van der Waals surface area (Å²) in [5.41, 5.74) is 1.34. The number of sulfonamides is 1. The topological polar surface area (TPSA) is 102 Å². The second-order valence-corrected chi connectivity index (χ2v) is 7.58. The molecule has 0 saturated carbocycles. The van der Waals surface area contributed by atoms with Gasteiger partial charge in [-0.2, -0.15) is 18.4 Å². The van der Waals surface area contributed by atoms with Crippen LogP contribution in [0.3, 0.4) is 0 Å². The minimum Gasteiger partial charge on any atom is -0.258 e. The molecule has 0 heterocycles. The molecule has 24 heavy (non-hydrogen) atoms. The third-order valence-corrected chi connectivity index (χ3v) is 5.02. The van der Waals surface area contributed by atoms with Crippen molar-refractivity contribution in [3.05, 3.63) is 68.2 Å². The Bertz CT molecular complexity index is 909. The van der Waals surface area contributed by atoms with Gasteiger partial charge in [-0.25, -0.2) is 0 Å². The molecule has 7 nitrogen and oxygen atoms in total. The molecule has 0 amide bonds. The fourth-order valence-corrected chi connectivity index (χ4v) is 3.03. The summed E-state index contributed by atoms with van der Waals surface area (Å²) in [6, 6.07) is 10.9. The van der Waals surface area contributed by atoms with E-state index in [1.807, 2.05) is 12.1 Å². The molecule has 0 aliphatic rings. The summed E-state index contributed by atoms with van der Waals surface area (Å²) in [6.45, 7) is 3.20. The smallest absolute Gasteiger partial charge is 0.258 e. The van der Waals surface area contributed by atoms with Crippen LogP contribution in [0, 0.1) is 17.0 Å². The van der Waals surface area contributed by atoms with Gasteiger partial charge in [-0.1, -0.05) is 34.1 Å². The van der Waals surface area contributed by atoms with E-state index >= 15 is 0 Å². The Kier molecular flexibility index (Phi) is 5.35. The Morgan fingerprint density at radius 3 is 2.42 bits per heavy atom. The number of nitro groups is 1. The molecule has 2 aromatic rings. The summed E-state index contributed by atoms with van der Waals surface area (Å²) >= 11 is 3.31. The molecule has 0 radical (unpaired) electrons. The molecule has 0 aliphatic heterocycles. The first-order valence-corrected chi connectivity index (χ1v) is 9.05. The molecule has 0 atom stereocenters. The van der Waals surface area contributed by atoms with Crippen molar-refractivity contribution in [2.45, 2.75) is 18.7 Å². The van der Waals surface area contributed by atoms with Crippen molar-refractivity contribution >= 4 is 37.4 Å². The quantitative estimate of drug-likeness (QED) is 0.462. The lowest BCUT2D eigenvalue weighted by Crippen LogP contribution is -2.20. The predicted octanol–water partition coefficient (Wildman–Crippen LogP) is 3.37. The van der Waals surface area contributed by atoms with Crippen molar-refractivity contribution in [2.75, 3.05) is 0 Å². The van der Waals surface area contributed by atoms with Crippen LogP contribution >= 0.6 is 15.9 Å². The van der Waals surface area contributed by atoms with Gasteiger partial charge in [-0.15, -0.1) is 0 Å². The molecule has 2 rings (SSSR count). The zero-order chi connectivity index (χ0) is 17.9. The van der Waals surface area contributed by atoms with Crippen LogP contribution in [0.2, 0.25) is 0 Å². The Hall–Kier alpha value is -2.26. The molecule has 0 spiro atoms. The van der Waals surface area contributed by atoms with Crippen molar-refractivity contribution in [3.8, 4) is 0 Å². The highest BCUT2D eigenvalue weighted by atomic mass is 79.9. The van der Waals surface area contributed by atoms with Crippen LogP contribution in [0.1, 0.15) is 18.1 Å². The molecule has 0 aliphatic carbocycles. The molecular weight excluding hydrogens is 398 g/mol. The van der Waals surface area contributed by atoms with E-state index in [2.05, 4.69) is 25.9 Å². The van der Waals surface area contributed by atoms with Crippen LogP contribution in [-0.4, -0.2) is 19.1 Å². The van der Waals surface area contributed by atoms with Gasteiger partial charge in [-0.05, 0) is 37.6 Å². The van der Waals surface area contributed by atoms with Crippen LogP contribution in [0.25, 0.3) is 0 Å². The highest BCUT2D eigenvalue weighted by Crippen LogP contribution is 2.22. The number of hydrazone groups is 1. The normalized spacial score (nSPS) is 12.0. The molecular formula is C15H14BrN3O4S. The first-order valence-electron chi connectivity index (χ1n) is 6.78. The maximum Gasteiger partial charge on any atom is 0.276 e. The predicted molar refractivity (Wildman–Crippen MR) is 94.5 cm³/mol. The summed E-state index contributed by atoms with van der Waals surface area (Å²) in [7, 11) is -4.00. The van der Waals surface area contributed by atoms with Crippen molar-refractivity contribution in [3.63, 3.8) is 0 Å². The van der Waals surface area contributed by atoms with Gasteiger partial charge in [0.1, 0.15) is 0 Å². The van der Waals surface area contributed by atoms with Crippen molar-refractivity contribution in [2.24, 2.45) is 5.10 Å². The Labute approximate surface area is 147 Å². The SMILES string of the molecule is CC(=NNS(=O)(=O)c1ccc(C)c([N+](=O)[O-])c1)c1ccc(Br)cc1. The molecule has 0 saturated heterocycles. The average Bonchev–Trinajstić information content (AvgIpc) is 2.53. The first-order chi connectivity index (χ1) is 11.2. The van der Waals surface area contributed by atoms with E-state index < -0.39 is 14.9 Å². The second kappa shape index (κ2) is 7.10. The Morgan fingerprint density at radius 2 is 1.83 bits per heavy atom. The third-order valence-electron chi connectivity index (χ3n) is 3.28. The zero-order valence-electron chi connectivity index (χ0n) is 12.9. The summed E-state index contributed by atoms with van der Waals surface area (Å²) < 4.78 is 25.4. The van der Waals surface area contributed by atoms with Crippen LogP contribution in [0.15, 0.2) is 56.9 Å². The maximum absolute atomic E-state index is 12.3. The maximum atomic E-state index is 12.3. The number of hydrogen-bond acceptors (Lipinski definition) is 5. The van der Waals surface area contributed by atoms with Gasteiger partial charge in [0.15, 0.2) is 0 Å². The van der Waals surface area contributed by atoms with Gasteiger partial charge in [0.25, 0.3) is 15.7 Å². The molecule has 126 valence electrons. The number of aryl methyl sites for hydroxylation is 1. The highest BCUT2D eigenvalue weighted by molar-refractivity contribution is 9.10. The van der Waals surface area contributed by atoms with Gasteiger partial charge in [0.2, 0.25) is 0 Å². The molecule has 9 heteroatoms. The number of nitrogens with one attached hydrogen (secondary N) is 1. The van der Waals surface area contributed by atoms with Gasteiger partial charge >= 0.3 is 0 Å². The lowest BCUT2D eigenvalue weighted by molar-refractivity contribution is -0.385. The molecule has 0 unspecified atom stereocenters. The number of benzene rings is 2. The van der Waals surface area contributed by atoms with Crippen LogP contribution < -0.4 is 4.83 Å². The minimum absolute atomic E-state index is 0.216. The summed E-state index contributed by atoms with van der Waals surface area (Å²) in [5, 5.41) is 14.8. The van der Waals surface area contributed by atoms with E-state index in [4.69, 9.17) is 0 Å². The number of nitro benzene ring substituents is 1. The number of hydrogen-bond donors (Lipinski definition) is 1. The van der Waals surface area contributed by atoms with E-state index in [0.29, 0.717) is 11.3 Å². The van der Waals surface area contributed by atoms with Gasteiger partial charge in [0.05, 0.1) is 15.5 Å². The lowest BCUT2D eigenvalue weighted by atomic mass is 10.1. The van der Waals surface area contributed by atoms with E-state index in [0.717, 1.165) is 16.1 Å². The highest BCUT2D eigenvalue weighted by Gasteiger charge is 2.19. The van der Waals surface area contributed by atoms with Gasteiger partial charge in [-0.3, -0.25) is 10.1 Å². The van der Waals surface area contributed by atoms with Crippen molar-refractivity contribution in [1.82, 2.24) is 4.83 Å². The minimum atomic E-state index is -4.00. The van der Waals surface area contributed by atoms with Gasteiger partial charge in [0, 0.05) is 16.1 Å². The molecule has 2 aromatic carbocycles. The van der Waals surface area contributed by atoms with E-state index in [-0.39, 0.29) is 10.6 Å². The zero-order valence-corrected chi connectivity index (χ0v) is 15.3. The first kappa shape index (κ1) is 18.1. The van der Waals surface area contributed by atoms with E-state index in [1.54, 1.807) is 19.1 Å². The van der Waals surface area contributed by atoms with E-state index in [9.17, 15) is 18.5 Å². The number of rotatable bonds is 5. The summed E-state index contributed by atoms with van der Waals surface area (Å²) in [4.78, 5) is 12.2. The lowest BCUT2D eigenvalue weighted by Gasteiger charge is -2.06. The Morgan fingerprint density at radius 1 is 1.21 bits per heavy atom. The molecule has 0 aromatic heterocycles. The summed E-state index contributed by atoms with van der Waals surface area (Å²) in [5.74, 6) is 0. The summed E-state index contributed by atoms with van der Waals surface area (Å²) in [6.07, 6.45) is 0. The van der Waals surface area contributed by atoms with Crippen LogP contribution in [-0.2, 0) is 10.0 Å². The van der Waals surface area contributed by atoms with Crippen molar-refractivity contribution in [1.29, 1.82) is 0 Å². The largest absolute Gasteiger partial charge is 0.276 e. The fourth-order valence-electron chi connectivity index (χ4n) is 1.89.